The van der Waals surface area contributed by atoms with Gasteiger partial charge < -0.3 is 15.2 Å². The van der Waals surface area contributed by atoms with E-state index in [0.717, 1.165) is 36.0 Å². The number of benzene rings is 3. The largest absolute Gasteiger partial charge is 0.496 e. The summed E-state index contributed by atoms with van der Waals surface area (Å²) in [6.45, 7) is 2.16. The fourth-order valence-corrected chi connectivity index (χ4v) is 4.96. The lowest BCUT2D eigenvalue weighted by atomic mass is 9.94. The van der Waals surface area contributed by atoms with Crippen molar-refractivity contribution in [2.75, 3.05) is 7.11 Å². The van der Waals surface area contributed by atoms with Crippen LogP contribution in [-0.2, 0) is 41.7 Å². The van der Waals surface area contributed by atoms with Crippen molar-refractivity contribution in [2.24, 2.45) is 0 Å². The molecule has 1 aliphatic rings. The summed E-state index contributed by atoms with van der Waals surface area (Å²) >= 11 is 0. The second-order valence-electron chi connectivity index (χ2n) is 9.80. The zero-order valence-electron chi connectivity index (χ0n) is 21.4. The number of Topliss-reactive ketones (excluding diaryl/α,β-unsaturated/α-hetero) is 1. The molecule has 0 fully saturated rings. The molecule has 0 unspecified atom stereocenters. The lowest BCUT2D eigenvalue weighted by Crippen LogP contribution is -2.55. The number of methoxy groups -OCH3 is 1. The molecule has 6 heteroatoms. The number of aliphatic carboxylic acids is 1. The number of ketones is 1. The van der Waals surface area contributed by atoms with Crippen LogP contribution in [0.5, 0.6) is 5.75 Å². The Balaban J connectivity index is 1.47. The van der Waals surface area contributed by atoms with Crippen LogP contribution in [0.25, 0.3) is 0 Å². The van der Waals surface area contributed by atoms with Gasteiger partial charge in [0.05, 0.1) is 7.11 Å². The minimum absolute atomic E-state index is 0.00501. The van der Waals surface area contributed by atoms with Gasteiger partial charge >= 0.3 is 5.97 Å². The normalized spacial score (nSPS) is 13.6. The molecule has 0 heterocycles. The van der Waals surface area contributed by atoms with Gasteiger partial charge in [-0.15, -0.1) is 0 Å². The molecular weight excluding hydrogens is 466 g/mol. The third-order valence-electron chi connectivity index (χ3n) is 7.04. The number of hydrogen-bond acceptors (Lipinski definition) is 4. The number of rotatable bonds is 11. The van der Waals surface area contributed by atoms with Crippen molar-refractivity contribution >= 4 is 17.7 Å². The molecule has 0 spiro atoms. The number of carboxylic acid groups (broad SMARTS) is 1. The Morgan fingerprint density at radius 3 is 2.16 bits per heavy atom. The van der Waals surface area contributed by atoms with Crippen LogP contribution in [0.2, 0.25) is 0 Å². The van der Waals surface area contributed by atoms with Crippen LogP contribution in [0.1, 0.15) is 57.9 Å². The first-order chi connectivity index (χ1) is 17.8. The second kappa shape index (κ2) is 11.4. The molecule has 3 aromatic carbocycles. The average molecular weight is 500 g/mol. The summed E-state index contributed by atoms with van der Waals surface area (Å²) in [5.41, 5.74) is 3.54. The minimum Gasteiger partial charge on any atom is -0.496 e. The van der Waals surface area contributed by atoms with Gasteiger partial charge in [-0.1, -0.05) is 61.9 Å². The van der Waals surface area contributed by atoms with E-state index in [-0.39, 0.29) is 31.5 Å². The third kappa shape index (κ3) is 6.08. The summed E-state index contributed by atoms with van der Waals surface area (Å²) in [6, 6.07) is 20.5. The standard InChI is InChI=1S/C31H33NO5/c1-3-4-7-21-10-12-22(13-11-21)16-27(33)18-26-17-23(14-15-28(26)37-2)29(34)32-31(30(35)36)19-24-8-5-6-9-25(24)20-31/h5-6,8-15,17H,3-4,7,16,18-20H2,1-2H3,(H,32,34)(H,35,36). The van der Waals surface area contributed by atoms with E-state index < -0.39 is 17.4 Å². The van der Waals surface area contributed by atoms with Crippen LogP contribution in [0.15, 0.2) is 66.7 Å². The lowest BCUT2D eigenvalue weighted by Gasteiger charge is -2.25. The van der Waals surface area contributed by atoms with Gasteiger partial charge in [-0.05, 0) is 53.3 Å². The maximum Gasteiger partial charge on any atom is 0.330 e. The van der Waals surface area contributed by atoms with E-state index in [1.165, 1.54) is 12.7 Å². The smallest absolute Gasteiger partial charge is 0.330 e. The monoisotopic (exact) mass is 499 g/mol. The molecule has 37 heavy (non-hydrogen) atoms. The Hall–Kier alpha value is -3.93. The highest BCUT2D eigenvalue weighted by Crippen LogP contribution is 2.31. The predicted octanol–water partition coefficient (Wildman–Crippen LogP) is 4.74. The van der Waals surface area contributed by atoms with Crippen LogP contribution in [-0.4, -0.2) is 35.4 Å². The number of carbonyl (C=O) groups is 3. The van der Waals surface area contributed by atoms with Crippen molar-refractivity contribution in [3.63, 3.8) is 0 Å². The van der Waals surface area contributed by atoms with E-state index in [2.05, 4.69) is 24.4 Å². The van der Waals surface area contributed by atoms with Gasteiger partial charge in [-0.2, -0.15) is 0 Å². The Labute approximate surface area is 217 Å². The number of carbonyl (C=O) groups excluding carboxylic acids is 2. The van der Waals surface area contributed by atoms with Gasteiger partial charge in [0.25, 0.3) is 5.91 Å². The van der Waals surface area contributed by atoms with E-state index in [0.29, 0.717) is 16.9 Å². The Kier molecular flexibility index (Phi) is 8.07. The zero-order chi connectivity index (χ0) is 26.4. The van der Waals surface area contributed by atoms with Gasteiger partial charge in [0.1, 0.15) is 17.1 Å². The number of nitrogens with one attached hydrogen (secondary N) is 1. The molecule has 1 aliphatic carbocycles. The molecular formula is C31H33NO5. The fraction of sp³-hybridized carbons (Fsp3) is 0.323. The summed E-state index contributed by atoms with van der Waals surface area (Å²) in [7, 11) is 1.52. The van der Waals surface area contributed by atoms with Gasteiger partial charge in [-0.25, -0.2) is 4.79 Å². The van der Waals surface area contributed by atoms with E-state index in [1.54, 1.807) is 18.2 Å². The minimum atomic E-state index is -1.40. The van der Waals surface area contributed by atoms with Gasteiger partial charge in [0.15, 0.2) is 0 Å². The number of carboxylic acids is 1. The highest BCUT2D eigenvalue weighted by Gasteiger charge is 2.45. The van der Waals surface area contributed by atoms with Crippen molar-refractivity contribution in [3.05, 3.63) is 100 Å². The van der Waals surface area contributed by atoms with E-state index >= 15 is 0 Å². The zero-order valence-corrected chi connectivity index (χ0v) is 21.4. The number of unbranched alkanes of at least 4 members (excludes halogenated alkanes) is 1. The Morgan fingerprint density at radius 2 is 1.57 bits per heavy atom. The molecule has 0 bridgehead atoms. The molecule has 0 saturated carbocycles. The van der Waals surface area contributed by atoms with Crippen LogP contribution in [0.4, 0.5) is 0 Å². The van der Waals surface area contributed by atoms with E-state index in [4.69, 9.17) is 4.74 Å². The van der Waals surface area contributed by atoms with Crippen LogP contribution in [0.3, 0.4) is 0 Å². The second-order valence-corrected chi connectivity index (χ2v) is 9.80. The molecule has 0 radical (unpaired) electrons. The molecule has 3 aromatic rings. The van der Waals surface area contributed by atoms with Crippen molar-refractivity contribution in [3.8, 4) is 5.75 Å². The van der Waals surface area contributed by atoms with Gasteiger partial charge in [0, 0.05) is 36.8 Å². The first kappa shape index (κ1) is 26.1. The Morgan fingerprint density at radius 1 is 0.919 bits per heavy atom. The molecule has 0 aromatic heterocycles. The Bertz CT molecular complexity index is 1270. The molecule has 0 saturated heterocycles. The van der Waals surface area contributed by atoms with Crippen LogP contribution >= 0.6 is 0 Å². The number of amides is 1. The van der Waals surface area contributed by atoms with Crippen molar-refractivity contribution in [1.82, 2.24) is 5.32 Å². The summed E-state index contributed by atoms with van der Waals surface area (Å²) < 4.78 is 5.44. The summed E-state index contributed by atoms with van der Waals surface area (Å²) in [5.74, 6) is -1.04. The van der Waals surface area contributed by atoms with Crippen LogP contribution in [0, 0.1) is 0 Å². The van der Waals surface area contributed by atoms with E-state index in [9.17, 15) is 19.5 Å². The molecule has 192 valence electrons. The molecule has 2 N–H and O–H groups in total. The summed E-state index contributed by atoms with van der Waals surface area (Å²) in [5, 5.41) is 12.8. The average Bonchev–Trinajstić information content (AvgIpc) is 3.27. The maximum absolute atomic E-state index is 13.2. The van der Waals surface area contributed by atoms with Crippen molar-refractivity contribution < 1.29 is 24.2 Å². The molecule has 1 amide bonds. The van der Waals surface area contributed by atoms with Crippen molar-refractivity contribution in [2.45, 2.75) is 57.4 Å². The maximum atomic E-state index is 13.2. The lowest BCUT2D eigenvalue weighted by molar-refractivity contribution is -0.144. The van der Waals surface area contributed by atoms with Gasteiger partial charge in [-0.3, -0.25) is 9.59 Å². The first-order valence-corrected chi connectivity index (χ1v) is 12.7. The van der Waals surface area contributed by atoms with Crippen molar-refractivity contribution in [1.29, 1.82) is 0 Å². The third-order valence-corrected chi connectivity index (χ3v) is 7.04. The van der Waals surface area contributed by atoms with Crippen LogP contribution < -0.4 is 10.1 Å². The fourth-order valence-electron chi connectivity index (χ4n) is 4.96. The van der Waals surface area contributed by atoms with E-state index in [1.807, 2.05) is 36.4 Å². The molecule has 4 rings (SSSR count). The van der Waals surface area contributed by atoms with Gasteiger partial charge in [0.2, 0.25) is 0 Å². The number of hydrogen-bond donors (Lipinski definition) is 2. The molecule has 6 nitrogen and oxygen atoms in total. The topological polar surface area (TPSA) is 92.7 Å². The SMILES string of the molecule is CCCCc1ccc(CC(=O)Cc2cc(C(=O)NC3(C(=O)O)Cc4ccccc4C3)ccc2OC)cc1. The summed E-state index contributed by atoms with van der Waals surface area (Å²) in [6.07, 6.45) is 4.16. The highest BCUT2D eigenvalue weighted by molar-refractivity contribution is 5.99. The number of ether oxygens (including phenoxy) is 1. The first-order valence-electron chi connectivity index (χ1n) is 12.7. The molecule has 0 atom stereocenters. The summed E-state index contributed by atoms with van der Waals surface area (Å²) in [4.78, 5) is 38.3. The molecule has 0 aliphatic heterocycles. The predicted molar refractivity (Wildman–Crippen MR) is 142 cm³/mol. The quantitative estimate of drug-likeness (QED) is 0.397. The number of aryl methyl sites for hydroxylation is 1. The number of fused-ring (bicyclic) bond motifs is 1. The highest BCUT2D eigenvalue weighted by atomic mass is 16.5.